The molecular weight excluding hydrogens is 358 g/mol. The van der Waals surface area contributed by atoms with Crippen molar-refractivity contribution in [3.8, 4) is 5.69 Å². The Hall–Kier alpha value is -3.00. The van der Waals surface area contributed by atoms with E-state index < -0.39 is 0 Å². The molecule has 0 aliphatic carbocycles. The zero-order valence-electron chi connectivity index (χ0n) is 15.5. The molecule has 138 valence electrons. The lowest BCUT2D eigenvalue weighted by molar-refractivity contribution is 0.515. The van der Waals surface area contributed by atoms with E-state index >= 15 is 0 Å². The molecule has 27 heavy (non-hydrogen) atoms. The molecule has 0 radical (unpaired) electrons. The van der Waals surface area contributed by atoms with Crippen LogP contribution in [0.15, 0.2) is 48.9 Å². The molecule has 0 spiro atoms. The second-order valence-electron chi connectivity index (χ2n) is 6.70. The standard InChI is InChI=1S/C19H21N7S/c1-13-4-6-16(7-5-13)11-24-12-17(10-21-24)25-18(22-23-19(25)27)15(3)26-14(2)8-9-20-26/h4-10,12,15H,11H2,1-3H3,(H,23,27)/t15-/m0/s1. The molecule has 0 saturated carbocycles. The van der Waals surface area contributed by atoms with Crippen LogP contribution >= 0.6 is 12.2 Å². The number of nitrogens with zero attached hydrogens (tertiary/aromatic N) is 6. The van der Waals surface area contributed by atoms with Crippen molar-refractivity contribution in [3.05, 3.63) is 76.3 Å². The van der Waals surface area contributed by atoms with Crippen LogP contribution < -0.4 is 0 Å². The van der Waals surface area contributed by atoms with Gasteiger partial charge in [0.15, 0.2) is 10.6 Å². The molecule has 8 heteroatoms. The third-order valence-electron chi connectivity index (χ3n) is 4.65. The molecule has 1 atom stereocenters. The molecule has 4 rings (SSSR count). The van der Waals surface area contributed by atoms with E-state index in [0.717, 1.165) is 17.2 Å². The molecule has 0 saturated heterocycles. The minimum Gasteiger partial charge on any atom is -0.267 e. The van der Waals surface area contributed by atoms with E-state index in [1.54, 1.807) is 6.20 Å². The summed E-state index contributed by atoms with van der Waals surface area (Å²) in [5.74, 6) is 0.793. The number of aromatic nitrogens is 7. The van der Waals surface area contributed by atoms with Gasteiger partial charge in [0.25, 0.3) is 0 Å². The van der Waals surface area contributed by atoms with Crippen LogP contribution in [0, 0.1) is 18.6 Å². The molecule has 4 aromatic rings. The summed E-state index contributed by atoms with van der Waals surface area (Å²) in [7, 11) is 0. The van der Waals surface area contributed by atoms with Crippen molar-refractivity contribution in [1.29, 1.82) is 0 Å². The first-order chi connectivity index (χ1) is 13.0. The minimum atomic E-state index is -0.0617. The van der Waals surface area contributed by atoms with Gasteiger partial charge >= 0.3 is 0 Å². The number of rotatable bonds is 5. The van der Waals surface area contributed by atoms with Crippen molar-refractivity contribution in [1.82, 2.24) is 34.3 Å². The first kappa shape index (κ1) is 17.4. The van der Waals surface area contributed by atoms with Gasteiger partial charge in [0.05, 0.1) is 18.4 Å². The summed E-state index contributed by atoms with van der Waals surface area (Å²) in [5, 5.41) is 16.2. The fourth-order valence-electron chi connectivity index (χ4n) is 3.17. The minimum absolute atomic E-state index is 0.0617. The fraction of sp³-hybridized carbons (Fsp3) is 0.263. The van der Waals surface area contributed by atoms with Gasteiger partial charge < -0.3 is 0 Å². The Morgan fingerprint density at radius 1 is 1.11 bits per heavy atom. The first-order valence-electron chi connectivity index (χ1n) is 8.79. The van der Waals surface area contributed by atoms with Crippen molar-refractivity contribution < 1.29 is 0 Å². The third kappa shape index (κ3) is 3.35. The smallest absolute Gasteiger partial charge is 0.200 e. The third-order valence-corrected chi connectivity index (χ3v) is 4.92. The molecule has 1 aromatic carbocycles. The Balaban J connectivity index is 1.66. The van der Waals surface area contributed by atoms with Crippen LogP contribution in [-0.4, -0.2) is 34.3 Å². The van der Waals surface area contributed by atoms with E-state index in [-0.39, 0.29) is 6.04 Å². The van der Waals surface area contributed by atoms with Gasteiger partial charge in [0.1, 0.15) is 6.04 Å². The van der Waals surface area contributed by atoms with Crippen molar-refractivity contribution in [2.45, 2.75) is 33.4 Å². The SMILES string of the molecule is Cc1ccc(Cn2cc(-n3c([C@H](C)n4nccc4C)n[nH]c3=S)cn2)cc1. The van der Waals surface area contributed by atoms with Crippen molar-refractivity contribution in [2.24, 2.45) is 0 Å². The lowest BCUT2D eigenvalue weighted by Crippen LogP contribution is -2.15. The quantitative estimate of drug-likeness (QED) is 0.538. The fourth-order valence-corrected chi connectivity index (χ4v) is 3.41. The Bertz CT molecular complexity index is 1110. The maximum atomic E-state index is 5.47. The van der Waals surface area contributed by atoms with Gasteiger partial charge in [0, 0.05) is 18.1 Å². The number of aromatic amines is 1. The summed E-state index contributed by atoms with van der Waals surface area (Å²) < 4.78 is 6.29. The van der Waals surface area contributed by atoms with Crippen LogP contribution in [-0.2, 0) is 6.54 Å². The van der Waals surface area contributed by atoms with E-state index in [4.69, 9.17) is 12.2 Å². The van der Waals surface area contributed by atoms with E-state index in [1.807, 2.05) is 39.3 Å². The maximum absolute atomic E-state index is 5.47. The monoisotopic (exact) mass is 379 g/mol. The number of hydrogen-bond donors (Lipinski definition) is 1. The van der Waals surface area contributed by atoms with Crippen molar-refractivity contribution in [3.63, 3.8) is 0 Å². The van der Waals surface area contributed by atoms with Crippen LogP contribution in [0.3, 0.4) is 0 Å². The highest BCUT2D eigenvalue weighted by atomic mass is 32.1. The number of aryl methyl sites for hydroxylation is 2. The number of H-pyrrole nitrogens is 1. The molecule has 7 nitrogen and oxygen atoms in total. The molecule has 0 fully saturated rings. The maximum Gasteiger partial charge on any atom is 0.200 e. The van der Waals surface area contributed by atoms with Gasteiger partial charge in [-0.2, -0.15) is 15.3 Å². The Kier molecular flexibility index (Phi) is 4.49. The summed E-state index contributed by atoms with van der Waals surface area (Å²) in [6.45, 7) is 6.86. The van der Waals surface area contributed by atoms with Gasteiger partial charge in [-0.3, -0.25) is 19.0 Å². The average Bonchev–Trinajstić information content (AvgIpc) is 3.36. The van der Waals surface area contributed by atoms with Gasteiger partial charge in [-0.15, -0.1) is 0 Å². The highest BCUT2D eigenvalue weighted by Gasteiger charge is 2.19. The summed E-state index contributed by atoms with van der Waals surface area (Å²) in [6.07, 6.45) is 5.58. The van der Waals surface area contributed by atoms with Gasteiger partial charge in [-0.1, -0.05) is 29.8 Å². The van der Waals surface area contributed by atoms with E-state index in [2.05, 4.69) is 58.5 Å². The Morgan fingerprint density at radius 2 is 1.89 bits per heavy atom. The zero-order valence-corrected chi connectivity index (χ0v) is 16.3. The number of hydrogen-bond acceptors (Lipinski definition) is 4. The molecule has 0 bridgehead atoms. The van der Waals surface area contributed by atoms with E-state index in [0.29, 0.717) is 11.3 Å². The van der Waals surface area contributed by atoms with E-state index in [1.165, 1.54) is 11.1 Å². The van der Waals surface area contributed by atoms with Crippen molar-refractivity contribution >= 4 is 12.2 Å². The largest absolute Gasteiger partial charge is 0.267 e. The average molecular weight is 379 g/mol. The summed E-state index contributed by atoms with van der Waals surface area (Å²) in [6, 6.07) is 10.4. The molecule has 0 amide bonds. The molecular formula is C19H21N7S. The second-order valence-corrected chi connectivity index (χ2v) is 7.08. The van der Waals surface area contributed by atoms with Crippen LogP contribution in [0.4, 0.5) is 0 Å². The normalized spacial score (nSPS) is 12.4. The lowest BCUT2D eigenvalue weighted by Gasteiger charge is -2.14. The Morgan fingerprint density at radius 3 is 2.59 bits per heavy atom. The molecule has 0 aliphatic heterocycles. The predicted octanol–water partition coefficient (Wildman–Crippen LogP) is 3.60. The second kappa shape index (κ2) is 6.96. The van der Waals surface area contributed by atoms with Gasteiger partial charge in [-0.25, -0.2) is 0 Å². The number of nitrogens with one attached hydrogen (secondary N) is 1. The molecule has 0 unspecified atom stereocenters. The van der Waals surface area contributed by atoms with E-state index in [9.17, 15) is 0 Å². The molecule has 3 aromatic heterocycles. The van der Waals surface area contributed by atoms with Crippen molar-refractivity contribution in [2.75, 3.05) is 0 Å². The highest BCUT2D eigenvalue weighted by Crippen LogP contribution is 2.21. The van der Waals surface area contributed by atoms with Crippen LogP contribution in [0.2, 0.25) is 0 Å². The van der Waals surface area contributed by atoms with Gasteiger partial charge in [0.2, 0.25) is 0 Å². The van der Waals surface area contributed by atoms with Crippen LogP contribution in [0.1, 0.15) is 35.6 Å². The molecule has 3 heterocycles. The summed E-state index contributed by atoms with van der Waals surface area (Å²) >= 11 is 5.47. The van der Waals surface area contributed by atoms with Crippen LogP contribution in [0.25, 0.3) is 5.69 Å². The molecule has 0 aliphatic rings. The molecule has 1 N–H and O–H groups in total. The Labute approximate surface area is 162 Å². The first-order valence-corrected chi connectivity index (χ1v) is 9.19. The topological polar surface area (TPSA) is 69.2 Å². The number of benzene rings is 1. The lowest BCUT2D eigenvalue weighted by atomic mass is 10.1. The predicted molar refractivity (Wildman–Crippen MR) is 106 cm³/mol. The zero-order chi connectivity index (χ0) is 19.0. The highest BCUT2D eigenvalue weighted by molar-refractivity contribution is 7.71. The summed E-state index contributed by atoms with van der Waals surface area (Å²) in [5.41, 5.74) is 4.40. The van der Waals surface area contributed by atoms with Gasteiger partial charge in [-0.05, 0) is 44.6 Å². The summed E-state index contributed by atoms with van der Waals surface area (Å²) in [4.78, 5) is 0. The van der Waals surface area contributed by atoms with Crippen LogP contribution in [0.5, 0.6) is 0 Å².